The number of carbonyl (C=O) groups excluding carboxylic acids is 1. The number of fused-ring (bicyclic) bond motifs is 1. The van der Waals surface area contributed by atoms with E-state index in [1.165, 1.54) is 10.8 Å². The summed E-state index contributed by atoms with van der Waals surface area (Å²) in [6, 6.07) is 12.7. The van der Waals surface area contributed by atoms with E-state index < -0.39 is 0 Å². The van der Waals surface area contributed by atoms with Gasteiger partial charge in [-0.1, -0.05) is 17.8 Å². The van der Waals surface area contributed by atoms with Gasteiger partial charge >= 0.3 is 0 Å². The molecule has 2 heterocycles. The zero-order chi connectivity index (χ0) is 23.4. The number of H-pyrrole nitrogens is 1. The number of ether oxygens (including phenoxy) is 2. The number of nitrogens with one attached hydrogen (secondary N) is 2. The summed E-state index contributed by atoms with van der Waals surface area (Å²) in [6.45, 7) is 4.38. The maximum atomic E-state index is 13.2. The molecule has 9 nitrogen and oxygen atoms in total. The van der Waals surface area contributed by atoms with E-state index >= 15 is 0 Å². The van der Waals surface area contributed by atoms with Gasteiger partial charge < -0.3 is 14.8 Å². The normalized spacial score (nSPS) is 10.9. The maximum Gasteiger partial charge on any atom is 0.269 e. The van der Waals surface area contributed by atoms with Gasteiger partial charge in [-0.25, -0.2) is 4.98 Å². The van der Waals surface area contributed by atoms with Crippen molar-refractivity contribution in [3.05, 3.63) is 64.6 Å². The maximum absolute atomic E-state index is 13.2. The lowest BCUT2D eigenvalue weighted by atomic mass is 10.2. The highest BCUT2D eigenvalue weighted by molar-refractivity contribution is 7.99. The molecule has 0 spiro atoms. The monoisotopic (exact) mass is 465 g/mol. The summed E-state index contributed by atoms with van der Waals surface area (Å²) in [5.74, 6) is 1.07. The van der Waals surface area contributed by atoms with E-state index in [1.807, 2.05) is 26.0 Å². The predicted molar refractivity (Wildman–Crippen MR) is 128 cm³/mol. The third kappa shape index (κ3) is 4.85. The molecule has 0 radical (unpaired) electrons. The van der Waals surface area contributed by atoms with Gasteiger partial charge in [-0.15, -0.1) is 0 Å². The van der Waals surface area contributed by atoms with Crippen molar-refractivity contribution in [3.8, 4) is 17.2 Å². The topological polar surface area (TPSA) is 111 Å². The van der Waals surface area contributed by atoms with Gasteiger partial charge in [0.2, 0.25) is 5.91 Å². The molecular weight excluding hydrogens is 442 g/mol. The predicted octanol–water partition coefficient (Wildman–Crippen LogP) is 3.56. The first-order valence-electron chi connectivity index (χ1n) is 10.3. The molecule has 4 aromatic rings. The average molecular weight is 466 g/mol. The first kappa shape index (κ1) is 22.4. The van der Waals surface area contributed by atoms with Crippen molar-refractivity contribution >= 4 is 34.4 Å². The summed E-state index contributed by atoms with van der Waals surface area (Å²) in [7, 11) is 1.55. The molecule has 2 aromatic heterocycles. The largest absolute Gasteiger partial charge is 0.495 e. The van der Waals surface area contributed by atoms with Crippen molar-refractivity contribution in [3.63, 3.8) is 0 Å². The number of benzene rings is 2. The molecule has 0 aliphatic rings. The van der Waals surface area contributed by atoms with Crippen LogP contribution in [0.2, 0.25) is 0 Å². The van der Waals surface area contributed by atoms with Gasteiger partial charge in [-0.05, 0) is 55.8 Å². The first-order valence-corrected chi connectivity index (χ1v) is 11.3. The number of amides is 1. The Bertz CT molecular complexity index is 1350. The lowest BCUT2D eigenvalue weighted by Gasteiger charge is -2.13. The quantitative estimate of drug-likeness (QED) is 0.302. The Morgan fingerprint density at radius 2 is 2.00 bits per heavy atom. The molecule has 2 aromatic carbocycles. The van der Waals surface area contributed by atoms with Gasteiger partial charge in [0.1, 0.15) is 16.9 Å². The summed E-state index contributed by atoms with van der Waals surface area (Å²) < 4.78 is 12.3. The van der Waals surface area contributed by atoms with E-state index in [0.29, 0.717) is 45.7 Å². The van der Waals surface area contributed by atoms with Crippen LogP contribution < -0.4 is 20.3 Å². The van der Waals surface area contributed by atoms with Crippen molar-refractivity contribution < 1.29 is 14.3 Å². The van der Waals surface area contributed by atoms with Crippen LogP contribution in [0.3, 0.4) is 0 Å². The lowest BCUT2D eigenvalue weighted by Crippen LogP contribution is -2.22. The number of anilines is 1. The van der Waals surface area contributed by atoms with Crippen LogP contribution in [0.5, 0.6) is 11.5 Å². The number of hydrogen-bond donors (Lipinski definition) is 2. The van der Waals surface area contributed by atoms with E-state index in [2.05, 4.69) is 20.5 Å². The second-order valence-corrected chi connectivity index (χ2v) is 8.08. The number of rotatable bonds is 8. The van der Waals surface area contributed by atoms with E-state index in [-0.39, 0.29) is 17.2 Å². The molecule has 33 heavy (non-hydrogen) atoms. The minimum absolute atomic E-state index is 0.0419. The number of aromatic amines is 1. The molecule has 1 amide bonds. The highest BCUT2D eigenvalue weighted by Crippen LogP contribution is 2.26. The van der Waals surface area contributed by atoms with Crippen LogP contribution in [-0.4, -0.2) is 45.1 Å². The Morgan fingerprint density at radius 3 is 2.73 bits per heavy atom. The molecule has 4 rings (SSSR count). The highest BCUT2D eigenvalue weighted by Gasteiger charge is 2.17. The van der Waals surface area contributed by atoms with Crippen molar-refractivity contribution in [1.29, 1.82) is 0 Å². The zero-order valence-electron chi connectivity index (χ0n) is 18.4. The number of aryl methyl sites for hydroxylation is 1. The second kappa shape index (κ2) is 9.78. The van der Waals surface area contributed by atoms with Gasteiger partial charge in [0.05, 0.1) is 37.0 Å². The Labute approximate surface area is 194 Å². The summed E-state index contributed by atoms with van der Waals surface area (Å²) in [5.41, 5.74) is 2.28. The summed E-state index contributed by atoms with van der Waals surface area (Å²) in [5, 5.41) is 10.3. The summed E-state index contributed by atoms with van der Waals surface area (Å²) >= 11 is 1.15. The summed E-state index contributed by atoms with van der Waals surface area (Å²) in [4.78, 5) is 30.4. The van der Waals surface area contributed by atoms with Crippen LogP contribution in [0.15, 0.2) is 58.6 Å². The van der Waals surface area contributed by atoms with E-state index in [0.717, 1.165) is 17.3 Å². The molecule has 0 fully saturated rings. The number of aromatic nitrogens is 4. The fourth-order valence-electron chi connectivity index (χ4n) is 3.29. The first-order chi connectivity index (χ1) is 16.0. The number of nitrogens with zero attached hydrogens (tertiary/aromatic N) is 3. The minimum atomic E-state index is -0.277. The number of methoxy groups -OCH3 is 1. The van der Waals surface area contributed by atoms with Gasteiger partial charge in [-0.3, -0.25) is 19.3 Å². The number of carbonyl (C=O) groups is 1. The van der Waals surface area contributed by atoms with Gasteiger partial charge in [0, 0.05) is 0 Å². The fourth-order valence-corrected chi connectivity index (χ4v) is 4.10. The van der Waals surface area contributed by atoms with Gasteiger partial charge in [0.15, 0.2) is 10.8 Å². The molecule has 10 heteroatoms. The van der Waals surface area contributed by atoms with E-state index in [9.17, 15) is 9.59 Å². The van der Waals surface area contributed by atoms with Crippen molar-refractivity contribution in [2.75, 3.05) is 24.8 Å². The second-order valence-electron chi connectivity index (χ2n) is 7.13. The Kier molecular flexibility index (Phi) is 6.64. The third-order valence-corrected chi connectivity index (χ3v) is 5.76. The number of thioether (sulfide) groups is 1. The van der Waals surface area contributed by atoms with Gasteiger partial charge in [0.25, 0.3) is 5.56 Å². The zero-order valence-corrected chi connectivity index (χ0v) is 19.2. The highest BCUT2D eigenvalue weighted by atomic mass is 32.2. The lowest BCUT2D eigenvalue weighted by molar-refractivity contribution is -0.113. The third-order valence-electron chi connectivity index (χ3n) is 4.82. The SMILES string of the molecule is CCOc1ccc(-n2c(SCC(=O)Nc3cc(C)ccc3OC)nc3[nH]ncc3c2=O)cc1. The molecule has 0 unspecified atom stereocenters. The van der Waals surface area contributed by atoms with E-state index in [1.54, 1.807) is 37.4 Å². The van der Waals surface area contributed by atoms with Crippen LogP contribution >= 0.6 is 11.8 Å². The van der Waals surface area contributed by atoms with Crippen LogP contribution in [0.25, 0.3) is 16.7 Å². The van der Waals surface area contributed by atoms with E-state index in [4.69, 9.17) is 9.47 Å². The molecule has 2 N–H and O–H groups in total. The smallest absolute Gasteiger partial charge is 0.269 e. The molecule has 0 aliphatic heterocycles. The van der Waals surface area contributed by atoms with Crippen molar-refractivity contribution in [2.24, 2.45) is 0 Å². The molecular formula is C23H23N5O4S. The van der Waals surface area contributed by atoms with Crippen molar-refractivity contribution in [1.82, 2.24) is 19.7 Å². The Hall–Kier alpha value is -3.79. The van der Waals surface area contributed by atoms with Crippen LogP contribution in [-0.2, 0) is 4.79 Å². The minimum Gasteiger partial charge on any atom is -0.495 e. The summed E-state index contributed by atoms with van der Waals surface area (Å²) in [6.07, 6.45) is 1.45. The Morgan fingerprint density at radius 1 is 1.21 bits per heavy atom. The molecule has 170 valence electrons. The van der Waals surface area contributed by atoms with Crippen LogP contribution in [0.1, 0.15) is 12.5 Å². The molecule has 0 saturated carbocycles. The molecule has 0 aliphatic carbocycles. The van der Waals surface area contributed by atoms with Crippen LogP contribution in [0.4, 0.5) is 5.69 Å². The van der Waals surface area contributed by atoms with Crippen molar-refractivity contribution in [2.45, 2.75) is 19.0 Å². The van der Waals surface area contributed by atoms with Crippen LogP contribution in [0, 0.1) is 6.92 Å². The standard InChI is InChI=1S/C23H23N5O4S/c1-4-32-16-8-6-15(7-9-16)28-22(30)17-12-24-27-21(17)26-23(28)33-13-20(29)25-18-11-14(2)5-10-19(18)31-3/h5-12H,4,13H2,1-3H3,(H,24,27)(H,25,29). The number of hydrogen-bond acceptors (Lipinski definition) is 7. The molecule has 0 bridgehead atoms. The Balaban J connectivity index is 1.62. The molecule has 0 atom stereocenters. The fraction of sp³-hybridized carbons (Fsp3) is 0.217. The van der Waals surface area contributed by atoms with Gasteiger partial charge in [-0.2, -0.15) is 5.10 Å². The molecule has 0 saturated heterocycles. The average Bonchev–Trinajstić information content (AvgIpc) is 3.28.